The maximum absolute atomic E-state index is 4.38. The van der Waals surface area contributed by atoms with Gasteiger partial charge in [0.25, 0.3) is 0 Å². The Hall–Kier alpha value is -0.410. The molecule has 1 fully saturated rings. The molecular weight excluding hydrogens is 264 g/mol. The summed E-state index contributed by atoms with van der Waals surface area (Å²) < 4.78 is 0. The second-order valence-electron chi connectivity index (χ2n) is 7.34. The first-order chi connectivity index (χ1) is 9.46. The molecule has 0 bridgehead atoms. The summed E-state index contributed by atoms with van der Waals surface area (Å²) in [6.45, 7) is 10.1. The molecule has 20 heavy (non-hydrogen) atoms. The summed E-state index contributed by atoms with van der Waals surface area (Å²) in [4.78, 5) is 5.87. The van der Waals surface area contributed by atoms with E-state index >= 15 is 0 Å². The van der Waals surface area contributed by atoms with Crippen molar-refractivity contribution in [3.8, 4) is 0 Å². The highest BCUT2D eigenvalue weighted by atomic mass is 32.1. The van der Waals surface area contributed by atoms with Gasteiger partial charge in [0, 0.05) is 10.4 Å². The number of aryl methyl sites for hydroxylation is 2. The maximum Gasteiger partial charge on any atom is 0.0797 e. The zero-order chi connectivity index (χ0) is 14.6. The third-order valence-electron chi connectivity index (χ3n) is 4.55. The highest BCUT2D eigenvalue weighted by molar-refractivity contribution is 7.09. The summed E-state index contributed by atoms with van der Waals surface area (Å²) in [6.07, 6.45) is 8.29. The number of hydrogen-bond acceptors (Lipinski definition) is 3. The first-order valence-electron chi connectivity index (χ1n) is 8.10. The second kappa shape index (κ2) is 7.04. The van der Waals surface area contributed by atoms with Gasteiger partial charge in [-0.2, -0.15) is 0 Å². The molecule has 0 aromatic carbocycles. The van der Waals surface area contributed by atoms with E-state index in [1.807, 2.05) is 16.8 Å². The fraction of sp³-hybridized carbons (Fsp3) is 0.824. The van der Waals surface area contributed by atoms with Crippen LogP contribution in [0.4, 0.5) is 0 Å². The quantitative estimate of drug-likeness (QED) is 0.830. The third kappa shape index (κ3) is 4.85. The number of thiazole rings is 1. The molecule has 114 valence electrons. The summed E-state index contributed by atoms with van der Waals surface area (Å²) in [7, 11) is 0. The largest absolute Gasteiger partial charge is 0.312 e. The Morgan fingerprint density at radius 2 is 2.05 bits per heavy atom. The van der Waals surface area contributed by atoms with E-state index in [-0.39, 0.29) is 5.54 Å². The predicted octanol–water partition coefficient (Wildman–Crippen LogP) is 4.58. The van der Waals surface area contributed by atoms with Gasteiger partial charge in [0.15, 0.2) is 0 Å². The van der Waals surface area contributed by atoms with Gasteiger partial charge in [-0.05, 0) is 58.9 Å². The predicted molar refractivity (Wildman–Crippen MR) is 88.4 cm³/mol. The third-order valence-corrected chi connectivity index (χ3v) is 5.54. The molecule has 1 aliphatic carbocycles. The van der Waals surface area contributed by atoms with E-state index in [0.717, 1.165) is 11.8 Å². The molecule has 0 saturated heterocycles. The van der Waals surface area contributed by atoms with Crippen molar-refractivity contribution in [3.63, 3.8) is 0 Å². The van der Waals surface area contributed by atoms with Gasteiger partial charge < -0.3 is 5.32 Å². The van der Waals surface area contributed by atoms with Crippen LogP contribution in [0.3, 0.4) is 0 Å². The molecule has 1 N–H and O–H groups in total. The van der Waals surface area contributed by atoms with Crippen LogP contribution in [-0.2, 0) is 6.42 Å². The van der Waals surface area contributed by atoms with Crippen LogP contribution in [0.5, 0.6) is 0 Å². The summed E-state index contributed by atoms with van der Waals surface area (Å²) in [5, 5.41) is 3.73. The van der Waals surface area contributed by atoms with Gasteiger partial charge in [-0.25, -0.2) is 4.98 Å². The number of nitrogens with zero attached hydrogens (tertiary/aromatic N) is 1. The molecule has 0 aliphatic heterocycles. The van der Waals surface area contributed by atoms with E-state index in [2.05, 4.69) is 38.0 Å². The molecule has 3 heteroatoms. The standard InChI is InChI=1S/C17H30N2S/c1-13-16(20-12-18-13)10-9-15(11-19-17(2,3)4)14-7-5-6-8-14/h12,14-15,19H,5-11H2,1-4H3. The molecule has 1 aromatic heterocycles. The number of rotatable bonds is 6. The summed E-state index contributed by atoms with van der Waals surface area (Å²) in [5.74, 6) is 1.77. The minimum absolute atomic E-state index is 0.233. The summed E-state index contributed by atoms with van der Waals surface area (Å²) >= 11 is 1.83. The van der Waals surface area contributed by atoms with E-state index in [1.165, 1.54) is 55.6 Å². The molecule has 1 aromatic rings. The van der Waals surface area contributed by atoms with Gasteiger partial charge >= 0.3 is 0 Å². The molecule has 0 spiro atoms. The molecule has 1 atom stereocenters. The topological polar surface area (TPSA) is 24.9 Å². The van der Waals surface area contributed by atoms with Crippen LogP contribution in [0, 0.1) is 18.8 Å². The molecule has 0 amide bonds. The number of nitrogens with one attached hydrogen (secondary N) is 1. The monoisotopic (exact) mass is 294 g/mol. The molecule has 2 rings (SSSR count). The van der Waals surface area contributed by atoms with Crippen LogP contribution in [-0.4, -0.2) is 17.1 Å². The number of aromatic nitrogens is 1. The summed E-state index contributed by atoms with van der Waals surface area (Å²) in [5.41, 5.74) is 3.46. The lowest BCUT2D eigenvalue weighted by molar-refractivity contribution is 0.274. The zero-order valence-corrected chi connectivity index (χ0v) is 14.4. The molecule has 1 aliphatic rings. The van der Waals surface area contributed by atoms with Crippen molar-refractivity contribution in [2.24, 2.45) is 11.8 Å². The SMILES string of the molecule is Cc1ncsc1CCC(CNC(C)(C)C)C1CCCC1. The van der Waals surface area contributed by atoms with Gasteiger partial charge in [-0.15, -0.1) is 11.3 Å². The summed E-state index contributed by atoms with van der Waals surface area (Å²) in [6, 6.07) is 0. The fourth-order valence-electron chi connectivity index (χ4n) is 3.25. The van der Waals surface area contributed by atoms with Crippen LogP contribution < -0.4 is 5.32 Å². The minimum atomic E-state index is 0.233. The van der Waals surface area contributed by atoms with Crippen LogP contribution in [0.25, 0.3) is 0 Å². The van der Waals surface area contributed by atoms with Crippen LogP contribution in [0.1, 0.15) is 63.4 Å². The highest BCUT2D eigenvalue weighted by Crippen LogP contribution is 2.34. The molecular formula is C17H30N2S. The Morgan fingerprint density at radius 1 is 1.35 bits per heavy atom. The van der Waals surface area contributed by atoms with Crippen LogP contribution >= 0.6 is 11.3 Å². The van der Waals surface area contributed by atoms with Gasteiger partial charge in [0.05, 0.1) is 11.2 Å². The minimum Gasteiger partial charge on any atom is -0.312 e. The van der Waals surface area contributed by atoms with Crippen molar-refractivity contribution in [2.45, 2.75) is 71.8 Å². The highest BCUT2D eigenvalue weighted by Gasteiger charge is 2.26. The Labute approximate surface area is 128 Å². The molecule has 1 saturated carbocycles. The first-order valence-corrected chi connectivity index (χ1v) is 8.97. The average molecular weight is 295 g/mol. The van der Waals surface area contributed by atoms with Gasteiger partial charge in [-0.1, -0.05) is 25.7 Å². The second-order valence-corrected chi connectivity index (χ2v) is 8.27. The lowest BCUT2D eigenvalue weighted by Crippen LogP contribution is -2.40. The van der Waals surface area contributed by atoms with E-state index in [0.29, 0.717) is 0 Å². The van der Waals surface area contributed by atoms with E-state index in [1.54, 1.807) is 0 Å². The van der Waals surface area contributed by atoms with Crippen molar-refractivity contribution in [1.82, 2.24) is 10.3 Å². The van der Waals surface area contributed by atoms with E-state index in [9.17, 15) is 0 Å². The van der Waals surface area contributed by atoms with Crippen molar-refractivity contribution < 1.29 is 0 Å². The van der Waals surface area contributed by atoms with Gasteiger partial charge in [0.2, 0.25) is 0 Å². The van der Waals surface area contributed by atoms with Crippen LogP contribution in [0.15, 0.2) is 5.51 Å². The molecule has 2 nitrogen and oxygen atoms in total. The van der Waals surface area contributed by atoms with Crippen molar-refractivity contribution in [2.75, 3.05) is 6.54 Å². The Morgan fingerprint density at radius 3 is 2.60 bits per heavy atom. The Balaban J connectivity index is 1.90. The average Bonchev–Trinajstić information content (AvgIpc) is 3.00. The van der Waals surface area contributed by atoms with E-state index < -0.39 is 0 Å². The van der Waals surface area contributed by atoms with Crippen molar-refractivity contribution >= 4 is 11.3 Å². The van der Waals surface area contributed by atoms with E-state index in [4.69, 9.17) is 0 Å². The first kappa shape index (κ1) is 16.0. The fourth-order valence-corrected chi connectivity index (χ4v) is 4.05. The lowest BCUT2D eigenvalue weighted by Gasteiger charge is -2.29. The Kier molecular flexibility index (Phi) is 5.62. The molecule has 0 radical (unpaired) electrons. The molecule has 1 unspecified atom stereocenters. The lowest BCUT2D eigenvalue weighted by atomic mass is 9.86. The number of hydrogen-bond donors (Lipinski definition) is 1. The smallest absolute Gasteiger partial charge is 0.0797 e. The van der Waals surface area contributed by atoms with Gasteiger partial charge in [-0.3, -0.25) is 0 Å². The van der Waals surface area contributed by atoms with Crippen molar-refractivity contribution in [3.05, 3.63) is 16.1 Å². The zero-order valence-electron chi connectivity index (χ0n) is 13.5. The maximum atomic E-state index is 4.38. The van der Waals surface area contributed by atoms with Crippen LogP contribution in [0.2, 0.25) is 0 Å². The van der Waals surface area contributed by atoms with Gasteiger partial charge in [0.1, 0.15) is 0 Å². The Bertz CT molecular complexity index is 399. The molecule has 1 heterocycles. The van der Waals surface area contributed by atoms with Crippen molar-refractivity contribution in [1.29, 1.82) is 0 Å². The normalized spacial score (nSPS) is 18.6.